The first-order valence-electron chi connectivity index (χ1n) is 12.4. The van der Waals surface area contributed by atoms with Crippen LogP contribution in [0, 0.1) is 19.7 Å². The average molecular weight is 558 g/mol. The number of carbonyl (C=O) groups excluding carboxylic acids is 1. The van der Waals surface area contributed by atoms with E-state index in [0.717, 1.165) is 24.8 Å². The van der Waals surface area contributed by atoms with Gasteiger partial charge in [0.2, 0.25) is 0 Å². The van der Waals surface area contributed by atoms with Crippen molar-refractivity contribution in [1.29, 1.82) is 0 Å². The number of nitrogens with one attached hydrogen (secondary N) is 3. The number of amides is 1. The molecule has 3 N–H and O–H groups in total. The third-order valence-corrected chi connectivity index (χ3v) is 7.92. The Morgan fingerprint density at radius 3 is 2.49 bits per heavy atom. The maximum atomic E-state index is 14.8. The number of halogens is 1. The van der Waals surface area contributed by atoms with Crippen LogP contribution < -0.4 is 25.1 Å². The van der Waals surface area contributed by atoms with Gasteiger partial charge in [-0.25, -0.2) is 9.11 Å². The van der Waals surface area contributed by atoms with Crippen molar-refractivity contribution in [2.24, 2.45) is 7.05 Å². The van der Waals surface area contributed by atoms with Gasteiger partial charge in [0.25, 0.3) is 21.7 Å². The Hall–Kier alpha value is -3.90. The highest BCUT2D eigenvalue weighted by molar-refractivity contribution is 7.90. The van der Waals surface area contributed by atoms with Crippen molar-refractivity contribution >= 4 is 33.3 Å². The van der Waals surface area contributed by atoms with Crippen LogP contribution >= 0.6 is 0 Å². The molecule has 0 aliphatic heterocycles. The van der Waals surface area contributed by atoms with E-state index >= 15 is 0 Å². The van der Waals surface area contributed by atoms with E-state index in [1.54, 1.807) is 44.0 Å². The highest BCUT2D eigenvalue weighted by Crippen LogP contribution is 2.37. The quantitative estimate of drug-likeness (QED) is 0.363. The van der Waals surface area contributed by atoms with E-state index in [-0.39, 0.29) is 45.9 Å². The number of hydrogen-bond donors (Lipinski definition) is 3. The van der Waals surface area contributed by atoms with Crippen LogP contribution in [0.15, 0.2) is 47.3 Å². The molecule has 208 valence electrons. The molecule has 1 aliphatic rings. The van der Waals surface area contributed by atoms with E-state index < -0.39 is 27.5 Å². The first-order chi connectivity index (χ1) is 18.4. The minimum atomic E-state index is -3.79. The summed E-state index contributed by atoms with van der Waals surface area (Å²) in [6, 6.07) is 10.8. The molecule has 1 saturated carbocycles. The maximum Gasteiger partial charge on any atom is 0.298 e. The predicted molar refractivity (Wildman–Crippen MR) is 149 cm³/mol. The van der Waals surface area contributed by atoms with Crippen LogP contribution in [0.25, 0.3) is 0 Å². The number of benzene rings is 2. The second kappa shape index (κ2) is 11.1. The Kier molecular flexibility index (Phi) is 7.98. The van der Waals surface area contributed by atoms with E-state index in [4.69, 9.17) is 4.74 Å². The normalized spacial score (nSPS) is 13.5. The maximum absolute atomic E-state index is 14.8. The highest BCUT2D eigenvalue weighted by Gasteiger charge is 2.33. The van der Waals surface area contributed by atoms with Crippen molar-refractivity contribution in [3.05, 3.63) is 75.3 Å². The van der Waals surface area contributed by atoms with Crippen LogP contribution in [0.3, 0.4) is 0 Å². The molecule has 39 heavy (non-hydrogen) atoms. The van der Waals surface area contributed by atoms with Gasteiger partial charge < -0.3 is 15.0 Å². The monoisotopic (exact) mass is 557 g/mol. The van der Waals surface area contributed by atoms with Crippen LogP contribution in [0.5, 0.6) is 11.5 Å². The van der Waals surface area contributed by atoms with Gasteiger partial charge in [-0.2, -0.15) is 8.42 Å². The molecular formula is C27H32FN5O5S. The number of anilines is 3. The van der Waals surface area contributed by atoms with E-state index in [1.807, 2.05) is 0 Å². The Labute approximate surface area is 227 Å². The van der Waals surface area contributed by atoms with E-state index in [1.165, 1.54) is 42.9 Å². The fourth-order valence-electron chi connectivity index (χ4n) is 4.30. The largest absolute Gasteiger partial charge is 0.456 e. The smallest absolute Gasteiger partial charge is 0.298 e. The number of ether oxygens (including phenoxy) is 1. The summed E-state index contributed by atoms with van der Waals surface area (Å²) in [7, 11) is 0.681. The fraction of sp³-hybridized carbons (Fsp3) is 0.333. The predicted octanol–water partition coefficient (Wildman–Crippen LogP) is 4.18. The van der Waals surface area contributed by atoms with Crippen molar-refractivity contribution in [1.82, 2.24) is 14.2 Å². The highest BCUT2D eigenvalue weighted by atomic mass is 32.2. The topological polar surface area (TPSA) is 122 Å². The van der Waals surface area contributed by atoms with Gasteiger partial charge in [-0.15, -0.1) is 0 Å². The van der Waals surface area contributed by atoms with E-state index in [2.05, 4.69) is 14.8 Å². The molecule has 0 saturated heterocycles. The van der Waals surface area contributed by atoms with Gasteiger partial charge in [-0.3, -0.25) is 18.9 Å². The van der Waals surface area contributed by atoms with Gasteiger partial charge in [0.1, 0.15) is 22.9 Å². The molecule has 1 fully saturated rings. The summed E-state index contributed by atoms with van der Waals surface area (Å²) < 4.78 is 50.7. The van der Waals surface area contributed by atoms with E-state index in [0.29, 0.717) is 0 Å². The first-order valence-corrected chi connectivity index (χ1v) is 13.9. The molecule has 3 aromatic rings. The van der Waals surface area contributed by atoms with Crippen molar-refractivity contribution in [3.63, 3.8) is 0 Å². The molecule has 0 bridgehead atoms. The fourth-order valence-corrected chi connectivity index (χ4v) is 4.84. The summed E-state index contributed by atoms with van der Waals surface area (Å²) in [5, 5.41) is 2.95. The summed E-state index contributed by atoms with van der Waals surface area (Å²) in [5.41, 5.74) is 0.797. The minimum Gasteiger partial charge on any atom is -0.456 e. The number of carbonyl (C=O) groups is 1. The van der Waals surface area contributed by atoms with Gasteiger partial charge in [-0.1, -0.05) is 12.1 Å². The van der Waals surface area contributed by atoms with Crippen LogP contribution in [0.2, 0.25) is 0 Å². The lowest BCUT2D eigenvalue weighted by atomic mass is 9.91. The molecule has 0 spiro atoms. The number of rotatable bonds is 9. The molecule has 0 atom stereocenters. The summed E-state index contributed by atoms with van der Waals surface area (Å²) in [6.45, 7) is 3.30. The molecule has 0 radical (unpaired) electrons. The Balaban J connectivity index is 1.87. The minimum absolute atomic E-state index is 0.00193. The standard InChI is InChI=1S/C27H32FN5O5S/c1-16-12-13-22(21(28)14-16)30-25-23(27(35)32(4)19-9-7-10-19)24(17(2)26(34)33(25)5)38-20-11-6-8-18(15-20)31-39(36,37)29-3/h6,8,11-15,19,29-31H,7,9-10H2,1-5H3. The van der Waals surface area contributed by atoms with Gasteiger partial charge >= 0.3 is 0 Å². The van der Waals surface area contributed by atoms with Crippen LogP contribution in [-0.2, 0) is 17.3 Å². The first kappa shape index (κ1) is 28.1. The van der Waals surface area contributed by atoms with Crippen molar-refractivity contribution < 1.29 is 22.3 Å². The summed E-state index contributed by atoms with van der Waals surface area (Å²) in [6.07, 6.45) is 2.71. The van der Waals surface area contributed by atoms with Crippen molar-refractivity contribution in [3.8, 4) is 11.5 Å². The van der Waals surface area contributed by atoms with Gasteiger partial charge in [0.05, 0.1) is 16.9 Å². The molecule has 12 heteroatoms. The SMILES string of the molecule is CNS(=O)(=O)Nc1cccc(Oc2c(C(=O)N(C)C3CCC3)c(Nc3ccc(C)cc3F)n(C)c(=O)c2C)c1. The third-order valence-electron chi connectivity index (χ3n) is 6.87. The number of aryl methyl sites for hydroxylation is 1. The molecule has 1 amide bonds. The molecular weight excluding hydrogens is 525 g/mol. The lowest BCUT2D eigenvalue weighted by Crippen LogP contribution is -2.42. The van der Waals surface area contributed by atoms with Crippen molar-refractivity contribution in [2.45, 2.75) is 39.2 Å². The van der Waals surface area contributed by atoms with Crippen LogP contribution in [0.1, 0.15) is 40.7 Å². The summed E-state index contributed by atoms with van der Waals surface area (Å²) in [4.78, 5) is 28.9. The molecule has 4 rings (SSSR count). The second-order valence-electron chi connectivity index (χ2n) is 9.59. The van der Waals surface area contributed by atoms with Crippen LogP contribution in [0.4, 0.5) is 21.6 Å². The lowest BCUT2D eigenvalue weighted by molar-refractivity contribution is 0.0649. The Bertz CT molecular complexity index is 1580. The van der Waals surface area contributed by atoms with Gasteiger partial charge in [0, 0.05) is 33.3 Å². The second-order valence-corrected chi connectivity index (χ2v) is 11.2. The van der Waals surface area contributed by atoms with Gasteiger partial charge in [-0.05, 0) is 62.9 Å². The van der Waals surface area contributed by atoms with Crippen molar-refractivity contribution in [2.75, 3.05) is 24.1 Å². The summed E-state index contributed by atoms with van der Waals surface area (Å²) >= 11 is 0. The molecule has 10 nitrogen and oxygen atoms in total. The number of nitrogens with zero attached hydrogens (tertiary/aromatic N) is 2. The molecule has 1 heterocycles. The lowest BCUT2D eigenvalue weighted by Gasteiger charge is -2.35. The zero-order chi connectivity index (χ0) is 28.5. The molecule has 0 unspecified atom stereocenters. The molecule has 1 aromatic heterocycles. The zero-order valence-electron chi connectivity index (χ0n) is 22.5. The van der Waals surface area contributed by atoms with Crippen LogP contribution in [-0.4, -0.2) is 43.9 Å². The summed E-state index contributed by atoms with van der Waals surface area (Å²) in [5.74, 6) is -0.670. The molecule has 1 aliphatic carbocycles. The average Bonchev–Trinajstić information content (AvgIpc) is 2.85. The van der Waals surface area contributed by atoms with Gasteiger partial charge in [0.15, 0.2) is 5.75 Å². The Morgan fingerprint density at radius 1 is 1.15 bits per heavy atom. The number of aromatic nitrogens is 1. The number of pyridine rings is 1. The van der Waals surface area contributed by atoms with E-state index in [9.17, 15) is 22.4 Å². The third kappa shape index (κ3) is 5.91. The Morgan fingerprint density at radius 2 is 1.87 bits per heavy atom. The molecule has 2 aromatic carbocycles. The zero-order valence-corrected chi connectivity index (χ0v) is 23.3. The number of hydrogen-bond acceptors (Lipinski definition) is 6.